The number of benzene rings is 2. The van der Waals surface area contributed by atoms with Crippen LogP contribution in [0.1, 0.15) is 0 Å². The van der Waals surface area contributed by atoms with Gasteiger partial charge in [0.15, 0.2) is 5.75 Å². The molecule has 0 aromatic heterocycles. The molecule has 1 saturated heterocycles. The average molecular weight is 443 g/mol. The Morgan fingerprint density at radius 3 is 2.52 bits per heavy atom. The highest BCUT2D eigenvalue weighted by Crippen LogP contribution is 2.31. The fraction of sp³-hybridized carbons (Fsp3) is 0.333. The van der Waals surface area contributed by atoms with Crippen molar-refractivity contribution in [2.45, 2.75) is 4.90 Å². The lowest BCUT2D eigenvalue weighted by atomic mass is 10.3. The molecule has 0 atom stereocenters. The lowest BCUT2D eigenvalue weighted by Crippen LogP contribution is -2.40. The van der Waals surface area contributed by atoms with Gasteiger partial charge in [-0.15, -0.1) is 0 Å². The Hall–Kier alpha value is -2.40. The first kappa shape index (κ1) is 21.3. The smallest absolute Gasteiger partial charge is 0.312 e. The number of halogens is 1. The first-order valence-electron chi connectivity index (χ1n) is 8.75. The largest absolute Gasteiger partial charge is 0.490 e. The van der Waals surface area contributed by atoms with Crippen molar-refractivity contribution >= 4 is 27.3 Å². The minimum atomic E-state index is -3.84. The molecule has 1 fully saturated rings. The van der Waals surface area contributed by atoms with Crippen LogP contribution in [0.3, 0.4) is 0 Å². The lowest BCUT2D eigenvalue weighted by Gasteiger charge is -2.26. The van der Waals surface area contributed by atoms with E-state index in [0.717, 1.165) is 6.07 Å². The summed E-state index contributed by atoms with van der Waals surface area (Å²) >= 11 is 5.87. The molecule has 1 aliphatic heterocycles. The molecule has 156 valence electrons. The van der Waals surface area contributed by atoms with E-state index in [4.69, 9.17) is 25.8 Å². The molecule has 0 amide bonds. The van der Waals surface area contributed by atoms with Gasteiger partial charge in [-0.1, -0.05) is 17.7 Å². The summed E-state index contributed by atoms with van der Waals surface area (Å²) in [7, 11) is -3.84. The zero-order valence-corrected chi connectivity index (χ0v) is 16.9. The molecule has 0 spiro atoms. The Balaban J connectivity index is 1.68. The van der Waals surface area contributed by atoms with Crippen LogP contribution in [0.15, 0.2) is 47.4 Å². The van der Waals surface area contributed by atoms with Gasteiger partial charge in [-0.05, 0) is 30.3 Å². The van der Waals surface area contributed by atoms with Crippen LogP contribution < -0.4 is 9.47 Å². The Morgan fingerprint density at radius 1 is 1.10 bits per heavy atom. The molecule has 29 heavy (non-hydrogen) atoms. The molecule has 0 unspecified atom stereocenters. The summed E-state index contributed by atoms with van der Waals surface area (Å²) in [6.07, 6.45) is 0. The fourth-order valence-corrected chi connectivity index (χ4v) is 4.34. The number of nitrogens with zero attached hydrogens (tertiary/aromatic N) is 2. The van der Waals surface area contributed by atoms with Crippen LogP contribution in [0, 0.1) is 10.1 Å². The summed E-state index contributed by atoms with van der Waals surface area (Å²) in [5.41, 5.74) is -0.429. The van der Waals surface area contributed by atoms with Gasteiger partial charge >= 0.3 is 5.69 Å². The van der Waals surface area contributed by atoms with E-state index in [-0.39, 0.29) is 50.2 Å². The maximum absolute atomic E-state index is 12.7. The van der Waals surface area contributed by atoms with Gasteiger partial charge in [-0.25, -0.2) is 8.42 Å². The zero-order chi connectivity index (χ0) is 20.9. The number of hydrogen-bond donors (Lipinski definition) is 0. The number of sulfonamides is 1. The average Bonchev–Trinajstić information content (AvgIpc) is 2.72. The van der Waals surface area contributed by atoms with Crippen molar-refractivity contribution in [3.8, 4) is 11.5 Å². The molecule has 0 N–H and O–H groups in total. The lowest BCUT2D eigenvalue weighted by molar-refractivity contribution is -0.386. The van der Waals surface area contributed by atoms with Crippen molar-refractivity contribution < 1.29 is 27.6 Å². The predicted molar refractivity (Wildman–Crippen MR) is 105 cm³/mol. The summed E-state index contributed by atoms with van der Waals surface area (Å²) in [4.78, 5) is 10.6. The van der Waals surface area contributed by atoms with E-state index in [2.05, 4.69) is 0 Å². The van der Waals surface area contributed by atoms with E-state index >= 15 is 0 Å². The van der Waals surface area contributed by atoms with Crippen LogP contribution in [0.25, 0.3) is 0 Å². The fourth-order valence-electron chi connectivity index (χ4n) is 2.73. The first-order valence-corrected chi connectivity index (χ1v) is 10.6. The van der Waals surface area contributed by atoms with Crippen molar-refractivity contribution in [3.63, 3.8) is 0 Å². The molecule has 0 radical (unpaired) electrons. The third-order valence-electron chi connectivity index (χ3n) is 4.14. The van der Waals surface area contributed by atoms with Gasteiger partial charge in [-0.2, -0.15) is 4.31 Å². The highest BCUT2D eigenvalue weighted by atomic mass is 35.5. The van der Waals surface area contributed by atoms with Gasteiger partial charge in [-0.3, -0.25) is 10.1 Å². The molecule has 0 saturated carbocycles. The molecule has 1 aliphatic rings. The zero-order valence-electron chi connectivity index (χ0n) is 15.3. The normalized spacial score (nSPS) is 15.1. The highest BCUT2D eigenvalue weighted by molar-refractivity contribution is 7.89. The van der Waals surface area contributed by atoms with Crippen molar-refractivity contribution in [3.05, 3.63) is 57.6 Å². The van der Waals surface area contributed by atoms with Crippen molar-refractivity contribution in [2.24, 2.45) is 0 Å². The Bertz CT molecular complexity index is 978. The van der Waals surface area contributed by atoms with Crippen molar-refractivity contribution in [1.82, 2.24) is 4.31 Å². The van der Waals surface area contributed by atoms with Gasteiger partial charge < -0.3 is 14.2 Å². The predicted octanol–water partition coefficient (Wildman–Crippen LogP) is 2.73. The van der Waals surface area contributed by atoms with Gasteiger partial charge in [0.05, 0.1) is 23.0 Å². The molecule has 2 aromatic rings. The second kappa shape index (κ2) is 9.40. The van der Waals surface area contributed by atoms with E-state index < -0.39 is 20.6 Å². The maximum atomic E-state index is 12.7. The van der Waals surface area contributed by atoms with Crippen LogP contribution in [-0.2, 0) is 14.8 Å². The van der Waals surface area contributed by atoms with Gasteiger partial charge in [0, 0.05) is 24.2 Å². The summed E-state index contributed by atoms with van der Waals surface area (Å²) in [6, 6.07) is 10.4. The van der Waals surface area contributed by atoms with Crippen molar-refractivity contribution in [1.29, 1.82) is 0 Å². The van der Waals surface area contributed by atoms with Gasteiger partial charge in [0.1, 0.15) is 19.0 Å². The molecular weight excluding hydrogens is 424 g/mol. The molecule has 2 aromatic carbocycles. The van der Waals surface area contributed by atoms with E-state index in [9.17, 15) is 18.5 Å². The molecule has 1 heterocycles. The number of ether oxygens (including phenoxy) is 3. The minimum Gasteiger partial charge on any atom is -0.490 e. The third-order valence-corrected chi connectivity index (χ3v) is 6.27. The molecule has 9 nitrogen and oxygen atoms in total. The van der Waals surface area contributed by atoms with E-state index in [1.165, 1.54) is 16.4 Å². The Labute approximate surface area is 172 Å². The van der Waals surface area contributed by atoms with Crippen LogP contribution in [0.4, 0.5) is 5.69 Å². The third kappa shape index (κ3) is 5.36. The second-order valence-corrected chi connectivity index (χ2v) is 8.43. The van der Waals surface area contributed by atoms with E-state index in [1.54, 1.807) is 24.3 Å². The van der Waals surface area contributed by atoms with Gasteiger partial charge in [0.2, 0.25) is 10.0 Å². The highest BCUT2D eigenvalue weighted by Gasteiger charge is 2.29. The monoisotopic (exact) mass is 442 g/mol. The van der Waals surface area contributed by atoms with E-state index in [0.29, 0.717) is 10.8 Å². The Kier molecular flexibility index (Phi) is 6.91. The Morgan fingerprint density at radius 2 is 1.83 bits per heavy atom. The van der Waals surface area contributed by atoms with Gasteiger partial charge in [0.25, 0.3) is 0 Å². The number of rotatable bonds is 8. The maximum Gasteiger partial charge on any atom is 0.312 e. The molecular formula is C18H19ClN2O7S. The van der Waals surface area contributed by atoms with Crippen LogP contribution in [0.2, 0.25) is 5.02 Å². The quantitative estimate of drug-likeness (QED) is 0.351. The van der Waals surface area contributed by atoms with Crippen LogP contribution in [-0.4, -0.2) is 57.2 Å². The minimum absolute atomic E-state index is 0.0307. The summed E-state index contributed by atoms with van der Waals surface area (Å²) < 4.78 is 42.7. The topological polar surface area (TPSA) is 108 Å². The number of morpholine rings is 1. The second-order valence-electron chi connectivity index (χ2n) is 6.06. The molecule has 3 rings (SSSR count). The first-order chi connectivity index (χ1) is 13.9. The van der Waals surface area contributed by atoms with Crippen LogP contribution >= 0.6 is 11.6 Å². The number of nitro groups is 1. The standard InChI is InChI=1S/C18H19ClN2O7S/c19-14-2-1-3-15(12-14)27-10-11-28-18-5-4-16(13-17(18)21(22)23)29(24,25)20-6-8-26-9-7-20/h1-5,12-13H,6-11H2. The summed E-state index contributed by atoms with van der Waals surface area (Å²) in [6.45, 7) is 1.14. The van der Waals surface area contributed by atoms with Crippen LogP contribution in [0.5, 0.6) is 11.5 Å². The summed E-state index contributed by atoms with van der Waals surface area (Å²) in [5, 5.41) is 11.9. The number of hydrogen-bond acceptors (Lipinski definition) is 7. The molecule has 0 aliphatic carbocycles. The SMILES string of the molecule is O=[N+]([O-])c1cc(S(=O)(=O)N2CCOCC2)ccc1OCCOc1cccc(Cl)c1. The van der Waals surface area contributed by atoms with E-state index in [1.807, 2.05) is 0 Å². The number of nitro benzene ring substituents is 1. The summed E-state index contributed by atoms with van der Waals surface area (Å²) in [5.74, 6) is 0.508. The van der Waals surface area contributed by atoms with Crippen molar-refractivity contribution in [2.75, 3.05) is 39.5 Å². The molecule has 0 bridgehead atoms. The molecule has 11 heteroatoms.